The van der Waals surface area contributed by atoms with E-state index in [2.05, 4.69) is 25.1 Å². The number of anilines is 3. The third-order valence-electron chi connectivity index (χ3n) is 5.31. The summed E-state index contributed by atoms with van der Waals surface area (Å²) in [5, 5.41) is 6.59. The number of ether oxygens (including phenoxy) is 1. The van der Waals surface area contributed by atoms with Crippen LogP contribution in [0.15, 0.2) is 61.1 Å². The Kier molecular flexibility index (Phi) is 5.55. The number of halogens is 3. The van der Waals surface area contributed by atoms with Crippen LogP contribution in [-0.2, 0) is 6.54 Å². The number of carbonyl (C=O) groups excluding carboxylic acids is 1. The van der Waals surface area contributed by atoms with Crippen molar-refractivity contribution in [2.24, 2.45) is 0 Å². The van der Waals surface area contributed by atoms with E-state index in [4.69, 9.17) is 4.74 Å². The summed E-state index contributed by atoms with van der Waals surface area (Å²) in [4.78, 5) is 28.7. The highest BCUT2D eigenvalue weighted by molar-refractivity contribution is 6.10. The second-order valence-electron chi connectivity index (χ2n) is 7.83. The highest BCUT2D eigenvalue weighted by atomic mass is 19.4. The van der Waals surface area contributed by atoms with Crippen LogP contribution in [0.3, 0.4) is 0 Å². The largest absolute Gasteiger partial charge is 0.454 e. The number of rotatable bonds is 5. The number of benzene rings is 2. The molecule has 1 aliphatic heterocycles. The summed E-state index contributed by atoms with van der Waals surface area (Å²) >= 11 is 0. The minimum atomic E-state index is -4.55. The van der Waals surface area contributed by atoms with Gasteiger partial charge < -0.3 is 4.74 Å². The first-order valence-corrected chi connectivity index (χ1v) is 10.5. The van der Waals surface area contributed by atoms with E-state index in [1.165, 1.54) is 17.4 Å². The van der Waals surface area contributed by atoms with Gasteiger partial charge in [-0.05, 0) is 43.3 Å². The van der Waals surface area contributed by atoms with Gasteiger partial charge in [0, 0.05) is 23.0 Å². The van der Waals surface area contributed by atoms with Crippen LogP contribution in [-0.4, -0.2) is 44.0 Å². The van der Waals surface area contributed by atoms with E-state index < -0.39 is 24.8 Å². The van der Waals surface area contributed by atoms with Gasteiger partial charge in [0.1, 0.15) is 6.33 Å². The monoisotopic (exact) mass is 481 g/mol. The van der Waals surface area contributed by atoms with Gasteiger partial charge in [-0.1, -0.05) is 17.7 Å². The van der Waals surface area contributed by atoms with E-state index in [1.807, 2.05) is 31.2 Å². The molecule has 12 heteroatoms. The summed E-state index contributed by atoms with van der Waals surface area (Å²) in [6.07, 6.45) is -1.79. The van der Waals surface area contributed by atoms with E-state index in [-0.39, 0.29) is 12.4 Å². The zero-order valence-electron chi connectivity index (χ0n) is 18.3. The average molecular weight is 481 g/mol. The lowest BCUT2D eigenvalue weighted by atomic mass is 10.1. The number of nitrogens with zero attached hydrogens (tertiary/aromatic N) is 6. The smallest absolute Gasteiger partial charge is 0.422 e. The van der Waals surface area contributed by atoms with E-state index in [0.29, 0.717) is 22.8 Å². The molecular formula is C23H18F3N7O2. The molecule has 0 bridgehead atoms. The number of fused-ring (bicyclic) bond motifs is 1. The summed E-state index contributed by atoms with van der Waals surface area (Å²) < 4.78 is 42.7. The Morgan fingerprint density at radius 2 is 1.74 bits per heavy atom. The Labute approximate surface area is 197 Å². The van der Waals surface area contributed by atoms with Crippen LogP contribution < -0.4 is 14.5 Å². The quantitative estimate of drug-likeness (QED) is 0.440. The van der Waals surface area contributed by atoms with Crippen molar-refractivity contribution in [3.63, 3.8) is 0 Å². The number of alkyl halides is 3. The molecule has 0 atom stereocenters. The van der Waals surface area contributed by atoms with Gasteiger partial charge in [0.15, 0.2) is 18.2 Å². The van der Waals surface area contributed by atoms with Crippen molar-refractivity contribution in [3.8, 4) is 17.4 Å². The summed E-state index contributed by atoms with van der Waals surface area (Å²) in [6.45, 7) is 0.542. The molecule has 0 unspecified atom stereocenters. The number of urea groups is 1. The Morgan fingerprint density at radius 1 is 1.03 bits per heavy atom. The third-order valence-corrected chi connectivity index (χ3v) is 5.31. The lowest BCUT2D eigenvalue weighted by molar-refractivity contribution is -0.154. The van der Waals surface area contributed by atoms with Gasteiger partial charge in [-0.25, -0.2) is 19.7 Å². The highest BCUT2D eigenvalue weighted by Crippen LogP contribution is 2.37. The molecule has 9 nitrogen and oxygen atoms in total. The molecule has 0 fully saturated rings. The molecule has 2 aromatic carbocycles. The molecule has 35 heavy (non-hydrogen) atoms. The number of hydrogen-bond acceptors (Lipinski definition) is 6. The molecule has 5 rings (SSSR count). The van der Waals surface area contributed by atoms with Crippen LogP contribution in [0.1, 0.15) is 11.1 Å². The molecule has 4 aromatic rings. The normalized spacial score (nSPS) is 13.7. The lowest BCUT2D eigenvalue weighted by Gasteiger charge is -2.36. The topological polar surface area (TPSA) is 100 Å². The standard InChI is InChI=1S/C23H18F3N7O2/c1-14-2-6-17(7-3-14)32-11-16-10-27-21(35-12-23(24,25)26)30-20(16)33(22(32)34)18-8-4-15(5-9-18)19-28-13-29-31-19/h2-10,13H,11-12H2,1H3,(H,28,29,31). The van der Waals surface area contributed by atoms with Gasteiger partial charge >= 0.3 is 18.2 Å². The maximum absolute atomic E-state index is 13.7. The Bertz CT molecular complexity index is 1340. The summed E-state index contributed by atoms with van der Waals surface area (Å²) in [7, 11) is 0. The summed E-state index contributed by atoms with van der Waals surface area (Å²) in [5.41, 5.74) is 3.43. The Hall–Kier alpha value is -4.48. The number of amides is 2. The van der Waals surface area contributed by atoms with E-state index >= 15 is 0 Å². The molecule has 3 heterocycles. The molecule has 0 saturated heterocycles. The fourth-order valence-electron chi connectivity index (χ4n) is 3.62. The molecule has 1 aliphatic rings. The van der Waals surface area contributed by atoms with E-state index in [9.17, 15) is 18.0 Å². The van der Waals surface area contributed by atoms with Gasteiger partial charge in [-0.15, -0.1) is 0 Å². The average Bonchev–Trinajstić information content (AvgIpc) is 3.38. The molecule has 0 saturated carbocycles. The zero-order chi connectivity index (χ0) is 24.6. The number of nitrogens with one attached hydrogen (secondary N) is 1. The Balaban J connectivity index is 1.55. The maximum Gasteiger partial charge on any atom is 0.422 e. The van der Waals surface area contributed by atoms with Crippen LogP contribution in [0.25, 0.3) is 11.4 Å². The van der Waals surface area contributed by atoms with Crippen LogP contribution >= 0.6 is 0 Å². The molecule has 0 spiro atoms. The SMILES string of the molecule is Cc1ccc(N2Cc3cnc(OCC(F)(F)F)nc3N(c3ccc(-c4ncn[nH]4)cc3)C2=O)cc1. The minimum absolute atomic E-state index is 0.142. The summed E-state index contributed by atoms with van der Waals surface area (Å²) in [6, 6.07) is 13.4. The first kappa shape index (κ1) is 22.3. The first-order chi connectivity index (χ1) is 16.8. The molecule has 0 aliphatic carbocycles. The minimum Gasteiger partial charge on any atom is -0.454 e. The van der Waals surface area contributed by atoms with Gasteiger partial charge in [0.25, 0.3) is 0 Å². The fourth-order valence-corrected chi connectivity index (χ4v) is 3.62. The number of carbonyl (C=O) groups is 1. The molecule has 0 radical (unpaired) electrons. The second kappa shape index (κ2) is 8.70. The number of H-pyrrole nitrogens is 1. The van der Waals surface area contributed by atoms with Crippen LogP contribution in [0.4, 0.5) is 35.2 Å². The van der Waals surface area contributed by atoms with Gasteiger partial charge in [-0.3, -0.25) is 10.00 Å². The lowest BCUT2D eigenvalue weighted by Crippen LogP contribution is -2.45. The van der Waals surface area contributed by atoms with E-state index in [1.54, 1.807) is 29.2 Å². The van der Waals surface area contributed by atoms with Crippen LogP contribution in [0.2, 0.25) is 0 Å². The predicted molar refractivity (Wildman–Crippen MR) is 120 cm³/mol. The molecule has 178 valence electrons. The van der Waals surface area contributed by atoms with E-state index in [0.717, 1.165) is 11.1 Å². The molecular weight excluding hydrogens is 463 g/mol. The van der Waals surface area contributed by atoms with Gasteiger partial charge in [-0.2, -0.15) is 23.3 Å². The third kappa shape index (κ3) is 4.63. The Morgan fingerprint density at radius 3 is 2.40 bits per heavy atom. The fraction of sp³-hybridized carbons (Fsp3) is 0.174. The molecule has 2 amide bonds. The van der Waals surface area contributed by atoms with Crippen molar-refractivity contribution in [3.05, 3.63) is 72.2 Å². The van der Waals surface area contributed by atoms with Crippen LogP contribution in [0.5, 0.6) is 6.01 Å². The summed E-state index contributed by atoms with van der Waals surface area (Å²) in [5.74, 6) is 0.700. The van der Waals surface area contributed by atoms with Gasteiger partial charge in [0.2, 0.25) is 0 Å². The maximum atomic E-state index is 13.7. The number of hydrogen-bond donors (Lipinski definition) is 1. The first-order valence-electron chi connectivity index (χ1n) is 10.5. The van der Waals surface area contributed by atoms with Gasteiger partial charge in [0.05, 0.1) is 12.2 Å². The number of aromatic nitrogens is 5. The van der Waals surface area contributed by atoms with Crippen molar-refractivity contribution in [1.82, 2.24) is 25.1 Å². The van der Waals surface area contributed by atoms with Crippen molar-refractivity contribution in [2.75, 3.05) is 16.4 Å². The molecule has 2 aromatic heterocycles. The van der Waals surface area contributed by atoms with Crippen LogP contribution in [0, 0.1) is 6.92 Å². The van der Waals surface area contributed by atoms with Crippen molar-refractivity contribution >= 4 is 23.2 Å². The highest BCUT2D eigenvalue weighted by Gasteiger charge is 2.35. The number of aryl methyl sites for hydroxylation is 1. The van der Waals surface area contributed by atoms with Crippen molar-refractivity contribution < 1.29 is 22.7 Å². The number of aromatic amines is 1. The van der Waals surface area contributed by atoms with Crippen molar-refractivity contribution in [1.29, 1.82) is 0 Å². The predicted octanol–water partition coefficient (Wildman–Crippen LogP) is 4.79. The van der Waals surface area contributed by atoms with Crippen molar-refractivity contribution in [2.45, 2.75) is 19.6 Å². The molecule has 1 N–H and O–H groups in total. The second-order valence-corrected chi connectivity index (χ2v) is 7.83. The zero-order valence-corrected chi connectivity index (χ0v) is 18.3.